The second kappa shape index (κ2) is 12.1. The van der Waals surface area contributed by atoms with Gasteiger partial charge in [0.1, 0.15) is 24.1 Å². The summed E-state index contributed by atoms with van der Waals surface area (Å²) in [6.45, 7) is 6.22. The topological polar surface area (TPSA) is 72.5 Å². The van der Waals surface area contributed by atoms with Crippen molar-refractivity contribution in [1.82, 2.24) is 0 Å². The van der Waals surface area contributed by atoms with Gasteiger partial charge in [0.2, 0.25) is 6.29 Å². The Morgan fingerprint density at radius 1 is 1.12 bits per heavy atom. The van der Waals surface area contributed by atoms with Gasteiger partial charge in [-0.2, -0.15) is 0 Å². The van der Waals surface area contributed by atoms with Crippen LogP contribution in [-0.2, 0) is 28.5 Å². The van der Waals surface area contributed by atoms with E-state index < -0.39 is 37.0 Å². The molecule has 0 aliphatic carbocycles. The third-order valence-corrected chi connectivity index (χ3v) is 6.27. The van der Waals surface area contributed by atoms with Gasteiger partial charge in [-0.05, 0) is 53.3 Å². The molecule has 4 rings (SSSR count). The number of benzene rings is 2. The molecular weight excluding hydrogens is 551 g/mol. The zero-order valence-electron chi connectivity index (χ0n) is 19.0. The zero-order chi connectivity index (χ0) is 23.9. The number of carbonyl (C=O) groups is 1. The van der Waals surface area contributed by atoms with E-state index in [4.69, 9.17) is 28.4 Å². The van der Waals surface area contributed by atoms with Crippen LogP contribution in [0.15, 0.2) is 67.3 Å². The Hall–Kier alpha value is -1.98. The quantitative estimate of drug-likeness (QED) is 0.240. The summed E-state index contributed by atoms with van der Waals surface area (Å²) in [6, 6.07) is 17.2. The second-order valence-corrected chi connectivity index (χ2v) is 9.33. The molecule has 2 saturated heterocycles. The average molecular weight is 580 g/mol. The Labute approximate surface area is 213 Å². The van der Waals surface area contributed by atoms with Crippen LogP contribution in [-0.4, -0.2) is 49.9 Å². The van der Waals surface area contributed by atoms with E-state index in [2.05, 4.69) is 29.2 Å². The molecule has 0 bridgehead atoms. The van der Waals surface area contributed by atoms with Crippen LogP contribution in [0.4, 0.5) is 0 Å². The molecule has 2 heterocycles. The maximum absolute atomic E-state index is 12.5. The van der Waals surface area contributed by atoms with E-state index in [-0.39, 0.29) is 25.6 Å². The number of rotatable bonds is 9. The van der Waals surface area contributed by atoms with Crippen LogP contribution in [0, 0.1) is 3.57 Å². The van der Waals surface area contributed by atoms with Gasteiger partial charge in [0, 0.05) is 15.6 Å². The van der Waals surface area contributed by atoms with Gasteiger partial charge in [0.25, 0.3) is 0 Å². The summed E-state index contributed by atoms with van der Waals surface area (Å²) in [5.41, 5.74) is 0.889. The first-order valence-corrected chi connectivity index (χ1v) is 12.5. The van der Waals surface area contributed by atoms with Crippen LogP contribution in [0.25, 0.3) is 0 Å². The molecule has 0 aromatic heterocycles. The zero-order valence-corrected chi connectivity index (χ0v) is 21.2. The fourth-order valence-corrected chi connectivity index (χ4v) is 4.34. The molecule has 0 spiro atoms. The van der Waals surface area contributed by atoms with Gasteiger partial charge < -0.3 is 28.4 Å². The fraction of sp³-hybridized carbons (Fsp3) is 0.423. The van der Waals surface area contributed by atoms with E-state index in [1.807, 2.05) is 61.5 Å². The van der Waals surface area contributed by atoms with Crippen molar-refractivity contribution in [2.75, 3.05) is 13.2 Å². The number of ether oxygens (including phenoxy) is 6. The average Bonchev–Trinajstić information content (AvgIpc) is 2.85. The van der Waals surface area contributed by atoms with E-state index >= 15 is 0 Å². The first-order chi connectivity index (χ1) is 16.6. The molecule has 7 nitrogen and oxygen atoms in total. The number of fused-ring (bicyclic) bond motifs is 1. The summed E-state index contributed by atoms with van der Waals surface area (Å²) >= 11 is 2.23. The molecule has 0 amide bonds. The van der Waals surface area contributed by atoms with Crippen LogP contribution in [0.3, 0.4) is 0 Å². The van der Waals surface area contributed by atoms with Crippen LogP contribution in [0.5, 0.6) is 5.75 Å². The van der Waals surface area contributed by atoms with Crippen molar-refractivity contribution in [2.24, 2.45) is 0 Å². The van der Waals surface area contributed by atoms with E-state index in [1.165, 1.54) is 0 Å². The first-order valence-electron chi connectivity index (χ1n) is 11.4. The molecule has 6 atom stereocenters. The molecular formula is C26H29IO7. The van der Waals surface area contributed by atoms with E-state index in [9.17, 15) is 4.79 Å². The number of hydrogen-bond acceptors (Lipinski definition) is 7. The molecule has 2 aliphatic heterocycles. The van der Waals surface area contributed by atoms with Crippen LogP contribution >= 0.6 is 22.6 Å². The summed E-state index contributed by atoms with van der Waals surface area (Å²) in [5, 5.41) is 0. The highest BCUT2D eigenvalue weighted by molar-refractivity contribution is 14.1. The van der Waals surface area contributed by atoms with Gasteiger partial charge in [-0.25, -0.2) is 0 Å². The van der Waals surface area contributed by atoms with Gasteiger partial charge in [-0.15, -0.1) is 6.58 Å². The summed E-state index contributed by atoms with van der Waals surface area (Å²) in [5.74, 6) is 0.257. The Balaban J connectivity index is 1.61. The summed E-state index contributed by atoms with van der Waals surface area (Å²) in [4.78, 5) is 12.5. The van der Waals surface area contributed by atoms with E-state index in [1.54, 1.807) is 6.08 Å². The predicted molar refractivity (Wildman–Crippen MR) is 133 cm³/mol. The molecule has 34 heavy (non-hydrogen) atoms. The maximum Gasteiger partial charge on any atom is 0.306 e. The van der Waals surface area contributed by atoms with Crippen molar-refractivity contribution < 1.29 is 33.2 Å². The highest BCUT2D eigenvalue weighted by Gasteiger charge is 2.53. The lowest BCUT2D eigenvalue weighted by atomic mass is 9.97. The predicted octanol–water partition coefficient (Wildman–Crippen LogP) is 4.79. The van der Waals surface area contributed by atoms with Crippen molar-refractivity contribution in [3.63, 3.8) is 0 Å². The molecule has 0 unspecified atom stereocenters. The lowest BCUT2D eigenvalue weighted by Crippen LogP contribution is -2.64. The van der Waals surface area contributed by atoms with Gasteiger partial charge in [-0.3, -0.25) is 4.79 Å². The Bertz CT molecular complexity index is 936. The molecule has 2 fully saturated rings. The second-order valence-electron chi connectivity index (χ2n) is 8.08. The molecule has 2 aromatic rings. The summed E-state index contributed by atoms with van der Waals surface area (Å²) in [6.07, 6.45) is -1.35. The Morgan fingerprint density at radius 2 is 1.88 bits per heavy atom. The van der Waals surface area contributed by atoms with E-state index in [0.29, 0.717) is 12.2 Å². The lowest BCUT2D eigenvalue weighted by molar-refractivity contribution is -0.354. The summed E-state index contributed by atoms with van der Waals surface area (Å²) in [7, 11) is 0. The normalized spacial score (nSPS) is 28.5. The van der Waals surface area contributed by atoms with Gasteiger partial charge in [0.15, 0.2) is 12.4 Å². The van der Waals surface area contributed by atoms with Crippen LogP contribution in [0.1, 0.15) is 31.6 Å². The molecule has 2 aliphatic rings. The van der Waals surface area contributed by atoms with Crippen molar-refractivity contribution in [1.29, 1.82) is 0 Å². The van der Waals surface area contributed by atoms with Gasteiger partial charge >= 0.3 is 5.97 Å². The minimum absolute atomic E-state index is 0.256. The number of halogens is 1. The van der Waals surface area contributed by atoms with Crippen molar-refractivity contribution >= 4 is 28.6 Å². The smallest absolute Gasteiger partial charge is 0.306 e. The third kappa shape index (κ3) is 6.17. The molecule has 182 valence electrons. The van der Waals surface area contributed by atoms with Crippen molar-refractivity contribution in [3.05, 3.63) is 76.4 Å². The number of esters is 1. The fourth-order valence-electron chi connectivity index (χ4n) is 3.98. The largest absolute Gasteiger partial charge is 0.461 e. The molecule has 0 saturated carbocycles. The van der Waals surface area contributed by atoms with E-state index in [0.717, 1.165) is 9.13 Å². The molecule has 8 heteroatoms. The minimum Gasteiger partial charge on any atom is -0.461 e. The standard InChI is InChI=1S/C26H29IO7/c1-3-8-21(28)33-24-23(29-15-4-2)22-20(16-30-25(34-22)17-9-6-5-7-10-17)32-26(24)31-19-13-11-18(27)12-14-19/h4-7,9-14,20,22-26H,2-3,8,15-16H2,1H3/t20-,22-,23+,24-,25-,26-/m1/s1. The molecule has 2 aromatic carbocycles. The highest BCUT2D eigenvalue weighted by Crippen LogP contribution is 2.37. The van der Waals surface area contributed by atoms with Crippen molar-refractivity contribution in [2.45, 2.75) is 56.8 Å². The number of hydrogen-bond donors (Lipinski definition) is 0. The SMILES string of the molecule is C=CCO[C@@H]1[C@@H](OC(=O)CCC)[C@H](Oc2ccc(I)cc2)O[C@@H]2CO[C@@H](c3ccccc3)O[C@@H]12. The van der Waals surface area contributed by atoms with Gasteiger partial charge in [-0.1, -0.05) is 43.3 Å². The monoisotopic (exact) mass is 580 g/mol. The Kier molecular flexibility index (Phi) is 8.96. The molecule has 0 radical (unpaired) electrons. The third-order valence-electron chi connectivity index (χ3n) is 5.55. The lowest BCUT2D eigenvalue weighted by Gasteiger charge is -2.48. The maximum atomic E-state index is 12.5. The van der Waals surface area contributed by atoms with Crippen LogP contribution in [0.2, 0.25) is 0 Å². The van der Waals surface area contributed by atoms with Crippen LogP contribution < -0.4 is 4.74 Å². The van der Waals surface area contributed by atoms with Gasteiger partial charge in [0.05, 0.1) is 13.2 Å². The summed E-state index contributed by atoms with van der Waals surface area (Å²) < 4.78 is 37.8. The minimum atomic E-state index is -0.891. The highest BCUT2D eigenvalue weighted by atomic mass is 127. The molecule has 0 N–H and O–H groups in total. The van der Waals surface area contributed by atoms with Crippen molar-refractivity contribution in [3.8, 4) is 5.75 Å². The number of carbonyl (C=O) groups excluding carboxylic acids is 1. The Morgan fingerprint density at radius 3 is 2.59 bits per heavy atom. The first kappa shape index (κ1) is 25.1.